The number of anilines is 1. The summed E-state index contributed by atoms with van der Waals surface area (Å²) in [4.78, 5) is 22.5. The number of carbonyl (C=O) groups is 1. The highest BCUT2D eigenvalue weighted by atomic mass is 16.6. The van der Waals surface area contributed by atoms with Crippen molar-refractivity contribution in [1.29, 1.82) is 0 Å². The van der Waals surface area contributed by atoms with Gasteiger partial charge in [-0.2, -0.15) is 0 Å². The van der Waals surface area contributed by atoms with Gasteiger partial charge in [-0.3, -0.25) is 14.9 Å². The van der Waals surface area contributed by atoms with Gasteiger partial charge in [-0.05, 0) is 23.8 Å². The molecule has 0 bridgehead atoms. The van der Waals surface area contributed by atoms with Crippen LogP contribution in [0.4, 0.5) is 11.4 Å². The van der Waals surface area contributed by atoms with Crippen LogP contribution in [0.15, 0.2) is 66.7 Å². The molecule has 0 saturated heterocycles. The van der Waals surface area contributed by atoms with Crippen molar-refractivity contribution < 1.29 is 15.0 Å². The standard InChI is InChI=1S/C20H19N3O3/c1-14(18-11-4-7-15-6-2-3-10-19(15)18)21-13-20(24)22-16-8-5-9-17(12-16)23(25)26/h2-12,14,21H,13H2,1H3,(H,22,24)/p+1/t14-/m0/s1. The summed E-state index contributed by atoms with van der Waals surface area (Å²) in [6.45, 7) is 2.29. The van der Waals surface area contributed by atoms with Gasteiger partial charge in [-0.1, -0.05) is 48.5 Å². The minimum Gasteiger partial charge on any atom is -0.332 e. The van der Waals surface area contributed by atoms with Gasteiger partial charge >= 0.3 is 0 Å². The maximum atomic E-state index is 12.2. The normalized spacial score (nSPS) is 11.9. The summed E-state index contributed by atoms with van der Waals surface area (Å²) in [6.07, 6.45) is 0. The maximum absolute atomic E-state index is 12.2. The maximum Gasteiger partial charge on any atom is 0.279 e. The van der Waals surface area contributed by atoms with E-state index in [4.69, 9.17) is 0 Å². The molecule has 0 radical (unpaired) electrons. The Morgan fingerprint density at radius 1 is 1.12 bits per heavy atom. The van der Waals surface area contributed by atoms with E-state index in [9.17, 15) is 14.9 Å². The Hall–Kier alpha value is -3.25. The van der Waals surface area contributed by atoms with Crippen LogP contribution in [0.2, 0.25) is 0 Å². The predicted molar refractivity (Wildman–Crippen MR) is 101 cm³/mol. The number of nitrogens with one attached hydrogen (secondary N) is 1. The number of fused-ring (bicyclic) bond motifs is 1. The number of rotatable bonds is 6. The molecule has 3 rings (SSSR count). The molecule has 3 aromatic rings. The highest BCUT2D eigenvalue weighted by molar-refractivity contribution is 5.91. The number of nitro benzene ring substituents is 1. The minimum atomic E-state index is -0.482. The van der Waals surface area contributed by atoms with Crippen molar-refractivity contribution in [2.45, 2.75) is 13.0 Å². The van der Waals surface area contributed by atoms with Crippen LogP contribution in [0.5, 0.6) is 0 Å². The molecule has 1 atom stereocenters. The van der Waals surface area contributed by atoms with Gasteiger partial charge in [0.1, 0.15) is 6.04 Å². The second-order valence-electron chi connectivity index (χ2n) is 6.15. The van der Waals surface area contributed by atoms with Crippen LogP contribution >= 0.6 is 0 Å². The highest BCUT2D eigenvalue weighted by Crippen LogP contribution is 2.22. The molecule has 0 aliphatic heterocycles. The quantitative estimate of drug-likeness (QED) is 0.529. The lowest BCUT2D eigenvalue weighted by Gasteiger charge is -2.13. The molecule has 0 aliphatic rings. The second-order valence-corrected chi connectivity index (χ2v) is 6.15. The molecule has 0 heterocycles. The summed E-state index contributed by atoms with van der Waals surface area (Å²) >= 11 is 0. The Labute approximate surface area is 151 Å². The Bertz CT molecular complexity index is 950. The van der Waals surface area contributed by atoms with Crippen molar-refractivity contribution >= 4 is 28.1 Å². The van der Waals surface area contributed by atoms with E-state index in [2.05, 4.69) is 36.5 Å². The lowest BCUT2D eigenvalue weighted by Crippen LogP contribution is -2.86. The first-order chi connectivity index (χ1) is 12.5. The summed E-state index contributed by atoms with van der Waals surface area (Å²) in [6, 6.07) is 20.4. The molecular weight excluding hydrogens is 330 g/mol. The monoisotopic (exact) mass is 350 g/mol. The molecule has 3 N–H and O–H groups in total. The molecule has 1 amide bonds. The molecule has 0 unspecified atom stereocenters. The van der Waals surface area contributed by atoms with E-state index in [1.807, 2.05) is 23.5 Å². The van der Waals surface area contributed by atoms with Gasteiger partial charge in [-0.25, -0.2) is 0 Å². The first kappa shape index (κ1) is 17.6. The lowest BCUT2D eigenvalue weighted by atomic mass is 10.00. The minimum absolute atomic E-state index is 0.0455. The Morgan fingerprint density at radius 2 is 1.85 bits per heavy atom. The molecule has 0 aliphatic carbocycles. The van der Waals surface area contributed by atoms with Crippen molar-refractivity contribution in [3.63, 3.8) is 0 Å². The van der Waals surface area contributed by atoms with E-state index in [1.54, 1.807) is 12.1 Å². The first-order valence-corrected chi connectivity index (χ1v) is 8.40. The Balaban J connectivity index is 1.64. The van der Waals surface area contributed by atoms with Crippen LogP contribution in [-0.4, -0.2) is 17.4 Å². The van der Waals surface area contributed by atoms with E-state index in [0.717, 1.165) is 0 Å². The number of quaternary nitrogens is 1. The van der Waals surface area contributed by atoms with Crippen molar-refractivity contribution in [1.82, 2.24) is 0 Å². The SMILES string of the molecule is C[C@H]([NH2+]CC(=O)Nc1cccc([N+](=O)[O-])c1)c1cccc2ccccc12. The van der Waals surface area contributed by atoms with Gasteiger partial charge in [0, 0.05) is 23.4 Å². The van der Waals surface area contributed by atoms with Crippen LogP contribution in [0.25, 0.3) is 10.8 Å². The molecule has 6 heteroatoms. The Morgan fingerprint density at radius 3 is 2.65 bits per heavy atom. The number of hydrogen-bond acceptors (Lipinski definition) is 3. The summed E-state index contributed by atoms with van der Waals surface area (Å²) in [7, 11) is 0. The third kappa shape index (κ3) is 4.04. The van der Waals surface area contributed by atoms with Gasteiger partial charge in [0.05, 0.1) is 4.92 Å². The fraction of sp³-hybridized carbons (Fsp3) is 0.150. The Kier molecular flexibility index (Phi) is 5.24. The van der Waals surface area contributed by atoms with Crippen LogP contribution in [0.3, 0.4) is 0 Å². The van der Waals surface area contributed by atoms with Gasteiger partial charge in [-0.15, -0.1) is 0 Å². The summed E-state index contributed by atoms with van der Waals surface area (Å²) < 4.78 is 0. The number of non-ortho nitro benzene ring substituents is 1. The zero-order chi connectivity index (χ0) is 18.5. The molecule has 0 fully saturated rings. The summed E-state index contributed by atoms with van der Waals surface area (Å²) in [5, 5.41) is 17.8. The predicted octanol–water partition coefficient (Wildman–Crippen LogP) is 3.01. The average Bonchev–Trinajstić information content (AvgIpc) is 2.66. The van der Waals surface area contributed by atoms with E-state index in [1.165, 1.54) is 28.5 Å². The molecule has 3 aromatic carbocycles. The number of carbonyl (C=O) groups excluding carboxylic acids is 1. The van der Waals surface area contributed by atoms with Gasteiger partial charge in [0.15, 0.2) is 6.54 Å². The molecule has 6 nitrogen and oxygen atoms in total. The van der Waals surface area contributed by atoms with Crippen LogP contribution in [0.1, 0.15) is 18.5 Å². The largest absolute Gasteiger partial charge is 0.332 e. The number of hydrogen-bond donors (Lipinski definition) is 2. The number of amides is 1. The number of nitrogens with two attached hydrogens (primary N) is 1. The second kappa shape index (κ2) is 7.76. The molecule has 132 valence electrons. The van der Waals surface area contributed by atoms with E-state index >= 15 is 0 Å². The van der Waals surface area contributed by atoms with Gasteiger partial charge < -0.3 is 10.6 Å². The molecule has 26 heavy (non-hydrogen) atoms. The van der Waals surface area contributed by atoms with E-state index < -0.39 is 4.92 Å². The number of benzene rings is 3. The van der Waals surface area contributed by atoms with Crippen molar-refractivity contribution in [2.24, 2.45) is 0 Å². The van der Waals surface area contributed by atoms with Crippen LogP contribution < -0.4 is 10.6 Å². The van der Waals surface area contributed by atoms with Crippen molar-refractivity contribution in [3.05, 3.63) is 82.4 Å². The first-order valence-electron chi connectivity index (χ1n) is 8.40. The smallest absolute Gasteiger partial charge is 0.279 e. The molecule has 0 spiro atoms. The van der Waals surface area contributed by atoms with Gasteiger partial charge in [0.2, 0.25) is 0 Å². The van der Waals surface area contributed by atoms with Crippen LogP contribution in [0, 0.1) is 10.1 Å². The van der Waals surface area contributed by atoms with Crippen LogP contribution in [-0.2, 0) is 4.79 Å². The molecule has 0 saturated carbocycles. The van der Waals surface area contributed by atoms with Crippen molar-refractivity contribution in [3.8, 4) is 0 Å². The molecular formula is C20H20N3O3+. The summed E-state index contributed by atoms with van der Waals surface area (Å²) in [5.74, 6) is -0.197. The van der Waals surface area contributed by atoms with E-state index in [-0.39, 0.29) is 24.2 Å². The fourth-order valence-electron chi connectivity index (χ4n) is 2.97. The average molecular weight is 350 g/mol. The third-order valence-corrected chi connectivity index (χ3v) is 4.31. The number of nitrogens with zero attached hydrogens (tertiary/aromatic N) is 1. The zero-order valence-corrected chi connectivity index (χ0v) is 14.4. The van der Waals surface area contributed by atoms with Crippen molar-refractivity contribution in [2.75, 3.05) is 11.9 Å². The third-order valence-electron chi connectivity index (χ3n) is 4.31. The zero-order valence-electron chi connectivity index (χ0n) is 14.4. The lowest BCUT2D eigenvalue weighted by molar-refractivity contribution is -0.682. The number of nitro groups is 1. The van der Waals surface area contributed by atoms with Gasteiger partial charge in [0.25, 0.3) is 11.6 Å². The topological polar surface area (TPSA) is 88.8 Å². The highest BCUT2D eigenvalue weighted by Gasteiger charge is 2.15. The van der Waals surface area contributed by atoms with E-state index in [0.29, 0.717) is 5.69 Å². The summed E-state index contributed by atoms with van der Waals surface area (Å²) in [5.41, 5.74) is 1.55. The fourth-order valence-corrected chi connectivity index (χ4v) is 2.97. The molecule has 0 aromatic heterocycles.